The Hall–Kier alpha value is -3.28. The van der Waals surface area contributed by atoms with Gasteiger partial charge in [0.1, 0.15) is 5.52 Å². The number of ether oxygens (including phenoxy) is 1. The topological polar surface area (TPSA) is 101 Å². The molecule has 1 unspecified atom stereocenters. The van der Waals surface area contributed by atoms with E-state index in [1.165, 1.54) is 16.9 Å². The van der Waals surface area contributed by atoms with Crippen molar-refractivity contribution in [3.8, 4) is 16.3 Å². The Kier molecular flexibility index (Phi) is 6.90. The predicted molar refractivity (Wildman–Crippen MR) is 153 cm³/mol. The third-order valence-electron chi connectivity index (χ3n) is 7.36. The average molecular weight is 566 g/mol. The molecule has 1 atom stereocenters. The molecule has 204 valence electrons. The van der Waals surface area contributed by atoms with Crippen molar-refractivity contribution in [2.75, 3.05) is 19.0 Å². The Bertz CT molecular complexity index is 1710. The van der Waals surface area contributed by atoms with Gasteiger partial charge in [0.25, 0.3) is 0 Å². The molecule has 11 heteroatoms. The molecule has 0 amide bonds. The maximum absolute atomic E-state index is 12.5. The molecule has 0 bridgehead atoms. The van der Waals surface area contributed by atoms with Gasteiger partial charge in [-0.2, -0.15) is 8.42 Å². The second-order valence-corrected chi connectivity index (χ2v) is 12.7. The second kappa shape index (κ2) is 10.4. The molecule has 5 aromatic rings. The minimum Gasteiger partial charge on any atom is -0.381 e. The van der Waals surface area contributed by atoms with E-state index in [1.807, 2.05) is 39.2 Å². The molecule has 1 fully saturated rings. The van der Waals surface area contributed by atoms with E-state index >= 15 is 0 Å². The number of hydrogen-bond acceptors (Lipinski definition) is 8. The number of thiophene rings is 1. The van der Waals surface area contributed by atoms with E-state index in [0.717, 1.165) is 51.0 Å². The molecule has 1 aromatic carbocycles. The van der Waals surface area contributed by atoms with Gasteiger partial charge in [0.2, 0.25) is 0 Å². The first-order chi connectivity index (χ1) is 18.9. The SMILES string of the molecule is CCCS(=O)(=O)Oc1cc2c(s1)c1ncc(-c3c(C)nnn3C)cc1n2C(c1ccccc1)C1CCOCC1. The van der Waals surface area contributed by atoms with Gasteiger partial charge in [-0.25, -0.2) is 4.68 Å². The van der Waals surface area contributed by atoms with Crippen LogP contribution in [0.25, 0.3) is 32.5 Å². The van der Waals surface area contributed by atoms with Gasteiger partial charge in [-0.1, -0.05) is 53.8 Å². The molecule has 9 nitrogen and oxygen atoms in total. The van der Waals surface area contributed by atoms with E-state index in [4.69, 9.17) is 13.9 Å². The normalized spacial score (nSPS) is 15.8. The lowest BCUT2D eigenvalue weighted by Gasteiger charge is -2.33. The van der Waals surface area contributed by atoms with Gasteiger partial charge < -0.3 is 13.5 Å². The third kappa shape index (κ3) is 4.83. The van der Waals surface area contributed by atoms with Gasteiger partial charge in [0.15, 0.2) is 5.06 Å². The molecule has 1 saturated heterocycles. The zero-order chi connectivity index (χ0) is 27.1. The Morgan fingerprint density at radius 2 is 1.92 bits per heavy atom. The van der Waals surface area contributed by atoms with Crippen molar-refractivity contribution < 1.29 is 17.3 Å². The zero-order valence-corrected chi connectivity index (χ0v) is 23.8. The van der Waals surface area contributed by atoms with Crippen LogP contribution in [-0.4, -0.2) is 51.9 Å². The first-order valence-corrected chi connectivity index (χ1v) is 15.6. The summed E-state index contributed by atoms with van der Waals surface area (Å²) in [4.78, 5) is 4.93. The first kappa shape index (κ1) is 26.0. The molecule has 39 heavy (non-hydrogen) atoms. The van der Waals surface area contributed by atoms with Gasteiger partial charge in [-0.3, -0.25) is 4.98 Å². The largest absolute Gasteiger partial charge is 0.381 e. The summed E-state index contributed by atoms with van der Waals surface area (Å²) in [6.07, 6.45) is 4.20. The number of aromatic nitrogens is 5. The van der Waals surface area contributed by atoms with Crippen molar-refractivity contribution in [2.24, 2.45) is 13.0 Å². The van der Waals surface area contributed by atoms with Gasteiger partial charge in [0, 0.05) is 38.1 Å². The Balaban J connectivity index is 1.61. The van der Waals surface area contributed by atoms with E-state index in [0.29, 0.717) is 30.6 Å². The van der Waals surface area contributed by atoms with E-state index in [1.54, 1.807) is 4.68 Å². The maximum atomic E-state index is 12.5. The van der Waals surface area contributed by atoms with Gasteiger partial charge >= 0.3 is 10.1 Å². The van der Waals surface area contributed by atoms with Crippen molar-refractivity contribution >= 4 is 42.7 Å². The number of pyridine rings is 1. The van der Waals surface area contributed by atoms with Crippen molar-refractivity contribution in [2.45, 2.75) is 39.2 Å². The number of nitrogens with zero attached hydrogens (tertiary/aromatic N) is 5. The Morgan fingerprint density at radius 1 is 1.15 bits per heavy atom. The summed E-state index contributed by atoms with van der Waals surface area (Å²) in [5.41, 5.74) is 6.59. The quantitative estimate of drug-likeness (QED) is 0.229. The van der Waals surface area contributed by atoms with Crippen molar-refractivity contribution in [1.29, 1.82) is 0 Å². The summed E-state index contributed by atoms with van der Waals surface area (Å²) < 4.78 is 41.3. The molecule has 1 aliphatic heterocycles. The van der Waals surface area contributed by atoms with Crippen LogP contribution in [0.3, 0.4) is 0 Å². The smallest absolute Gasteiger partial charge is 0.309 e. The minimum absolute atomic E-state index is 0.00704. The van der Waals surface area contributed by atoms with Crippen molar-refractivity contribution in [3.05, 3.63) is 59.9 Å². The highest BCUT2D eigenvalue weighted by atomic mass is 32.2. The fourth-order valence-electron chi connectivity index (χ4n) is 5.71. The monoisotopic (exact) mass is 565 g/mol. The molecule has 0 radical (unpaired) electrons. The average Bonchev–Trinajstić information content (AvgIpc) is 3.57. The zero-order valence-electron chi connectivity index (χ0n) is 22.2. The number of hydrogen-bond donors (Lipinski definition) is 0. The van der Waals surface area contributed by atoms with Crippen molar-refractivity contribution in [3.63, 3.8) is 0 Å². The summed E-state index contributed by atoms with van der Waals surface area (Å²) in [7, 11) is -1.79. The van der Waals surface area contributed by atoms with Crippen LogP contribution in [0.5, 0.6) is 5.06 Å². The molecule has 1 aliphatic rings. The molecule has 0 aliphatic carbocycles. The van der Waals surface area contributed by atoms with Crippen LogP contribution in [-0.2, 0) is 21.9 Å². The number of benzene rings is 1. The maximum Gasteiger partial charge on any atom is 0.309 e. The minimum atomic E-state index is -3.67. The lowest BCUT2D eigenvalue weighted by atomic mass is 9.86. The van der Waals surface area contributed by atoms with E-state index in [2.05, 4.69) is 45.2 Å². The summed E-state index contributed by atoms with van der Waals surface area (Å²) in [6.45, 7) is 5.20. The molecule has 5 heterocycles. The van der Waals surface area contributed by atoms with Crippen LogP contribution in [0, 0.1) is 12.8 Å². The third-order valence-corrected chi connectivity index (χ3v) is 9.81. The lowest BCUT2D eigenvalue weighted by Crippen LogP contribution is -2.26. The summed E-state index contributed by atoms with van der Waals surface area (Å²) >= 11 is 1.33. The van der Waals surface area contributed by atoms with Crippen LogP contribution in [0.2, 0.25) is 0 Å². The number of fused-ring (bicyclic) bond motifs is 3. The first-order valence-electron chi connectivity index (χ1n) is 13.2. The Labute approximate surface area is 231 Å². The predicted octanol–water partition coefficient (Wildman–Crippen LogP) is 5.49. The Morgan fingerprint density at radius 3 is 2.62 bits per heavy atom. The van der Waals surface area contributed by atoms with E-state index < -0.39 is 10.1 Å². The molecule has 0 spiro atoms. The van der Waals surface area contributed by atoms with Crippen LogP contribution in [0.4, 0.5) is 0 Å². The number of aryl methyl sites for hydroxylation is 2. The second-order valence-electron chi connectivity index (χ2n) is 10.0. The van der Waals surface area contributed by atoms with E-state index in [-0.39, 0.29) is 11.8 Å². The van der Waals surface area contributed by atoms with Gasteiger partial charge in [0.05, 0.1) is 38.9 Å². The van der Waals surface area contributed by atoms with Crippen molar-refractivity contribution in [1.82, 2.24) is 24.5 Å². The highest BCUT2D eigenvalue weighted by Crippen LogP contribution is 2.45. The molecule has 0 saturated carbocycles. The lowest BCUT2D eigenvalue weighted by molar-refractivity contribution is 0.0553. The standard InChI is InChI=1S/C28H31N5O4S2/c1-4-14-39(34,35)37-24-16-23-28(38-24)25-22(15-21(17-29-25)26-18(2)30-31-32(26)3)33(23)27(19-8-6-5-7-9-19)20-10-12-36-13-11-20/h5-9,15-17,20,27H,4,10-14H2,1-3H3. The van der Waals surface area contributed by atoms with Crippen LogP contribution < -0.4 is 4.18 Å². The van der Waals surface area contributed by atoms with Gasteiger partial charge in [-0.05, 0) is 43.7 Å². The summed E-state index contributed by atoms with van der Waals surface area (Å²) in [5, 5.41) is 8.79. The summed E-state index contributed by atoms with van der Waals surface area (Å²) in [6, 6.07) is 14.5. The summed E-state index contributed by atoms with van der Waals surface area (Å²) in [5.74, 6) is 0.307. The molecule has 4 aromatic heterocycles. The fourth-order valence-corrected chi connectivity index (χ4v) is 7.92. The molecule has 0 N–H and O–H groups in total. The van der Waals surface area contributed by atoms with E-state index in [9.17, 15) is 8.42 Å². The molecular weight excluding hydrogens is 534 g/mol. The highest BCUT2D eigenvalue weighted by molar-refractivity contribution is 7.87. The van der Waals surface area contributed by atoms with Crippen LogP contribution >= 0.6 is 11.3 Å². The highest BCUT2D eigenvalue weighted by Gasteiger charge is 2.31. The van der Waals surface area contributed by atoms with Crippen LogP contribution in [0.1, 0.15) is 43.5 Å². The molecular formula is C28H31N5O4S2. The molecule has 6 rings (SSSR count). The number of rotatable bonds is 8. The van der Waals surface area contributed by atoms with Gasteiger partial charge in [-0.15, -0.1) is 5.10 Å². The van der Waals surface area contributed by atoms with Crippen LogP contribution in [0.15, 0.2) is 48.7 Å². The fraction of sp³-hybridized carbons (Fsp3) is 0.393.